The highest BCUT2D eigenvalue weighted by Gasteiger charge is 2.33. The molecular formula is C14H18ClFN2O2. The summed E-state index contributed by atoms with van der Waals surface area (Å²) < 4.78 is 18.5. The van der Waals surface area contributed by atoms with Crippen LogP contribution in [0.5, 0.6) is 0 Å². The van der Waals surface area contributed by atoms with Crippen LogP contribution in [-0.4, -0.2) is 31.7 Å². The molecule has 1 heterocycles. The third kappa shape index (κ3) is 3.69. The van der Waals surface area contributed by atoms with Crippen LogP contribution in [0.4, 0.5) is 10.1 Å². The second-order valence-electron chi connectivity index (χ2n) is 4.82. The molecule has 1 saturated heterocycles. The van der Waals surface area contributed by atoms with Gasteiger partial charge in [0.1, 0.15) is 5.82 Å². The van der Waals surface area contributed by atoms with Crippen LogP contribution >= 0.6 is 11.6 Å². The Morgan fingerprint density at radius 3 is 3.05 bits per heavy atom. The summed E-state index contributed by atoms with van der Waals surface area (Å²) in [6, 6.07) is 3.87. The molecule has 110 valence electrons. The summed E-state index contributed by atoms with van der Waals surface area (Å²) >= 11 is 5.94. The summed E-state index contributed by atoms with van der Waals surface area (Å²) in [5, 5.41) is 6.27. The molecule has 2 atom stereocenters. The van der Waals surface area contributed by atoms with Crippen molar-refractivity contribution in [1.82, 2.24) is 5.32 Å². The Labute approximate surface area is 122 Å². The van der Waals surface area contributed by atoms with E-state index in [-0.39, 0.29) is 23.6 Å². The highest BCUT2D eigenvalue weighted by Crippen LogP contribution is 2.24. The monoisotopic (exact) mass is 300 g/mol. The first-order valence-electron chi connectivity index (χ1n) is 6.69. The zero-order valence-electron chi connectivity index (χ0n) is 11.3. The number of anilines is 1. The molecule has 0 saturated carbocycles. The molecule has 0 spiro atoms. The zero-order chi connectivity index (χ0) is 14.5. The number of rotatable bonds is 5. The summed E-state index contributed by atoms with van der Waals surface area (Å²) in [5.74, 6) is -0.933. The van der Waals surface area contributed by atoms with Crippen molar-refractivity contribution < 1.29 is 13.9 Å². The lowest BCUT2D eigenvalue weighted by molar-refractivity contribution is -0.120. The molecule has 2 rings (SSSR count). The Bertz CT molecular complexity index is 484. The van der Waals surface area contributed by atoms with Crippen LogP contribution < -0.4 is 10.6 Å². The molecule has 2 unspecified atom stereocenters. The molecule has 0 bridgehead atoms. The lowest BCUT2D eigenvalue weighted by Gasteiger charge is -2.18. The van der Waals surface area contributed by atoms with Gasteiger partial charge in [-0.25, -0.2) is 4.39 Å². The lowest BCUT2D eigenvalue weighted by Crippen LogP contribution is -2.41. The van der Waals surface area contributed by atoms with Crippen LogP contribution in [0.25, 0.3) is 0 Å². The van der Waals surface area contributed by atoms with Crippen molar-refractivity contribution in [2.24, 2.45) is 5.92 Å². The number of halogens is 2. The smallest absolute Gasteiger partial charge is 0.231 e. The van der Waals surface area contributed by atoms with Crippen molar-refractivity contribution in [1.29, 1.82) is 0 Å². The normalized spacial score (nSPS) is 21.9. The highest BCUT2D eigenvalue weighted by molar-refractivity contribution is 6.33. The molecule has 1 aliphatic rings. The van der Waals surface area contributed by atoms with Gasteiger partial charge in [-0.3, -0.25) is 4.79 Å². The van der Waals surface area contributed by atoms with Gasteiger partial charge in [-0.1, -0.05) is 18.5 Å². The van der Waals surface area contributed by atoms with Crippen molar-refractivity contribution in [3.05, 3.63) is 29.0 Å². The fraction of sp³-hybridized carbons (Fsp3) is 0.500. The van der Waals surface area contributed by atoms with Crippen molar-refractivity contribution in [3.8, 4) is 0 Å². The van der Waals surface area contributed by atoms with Gasteiger partial charge in [0.15, 0.2) is 0 Å². The predicted octanol–water partition coefficient (Wildman–Crippen LogP) is 2.43. The average Bonchev–Trinajstić information content (AvgIpc) is 2.89. The van der Waals surface area contributed by atoms with E-state index >= 15 is 0 Å². The predicted molar refractivity (Wildman–Crippen MR) is 76.4 cm³/mol. The molecule has 0 radical (unpaired) electrons. The van der Waals surface area contributed by atoms with Gasteiger partial charge in [0, 0.05) is 6.04 Å². The first kappa shape index (κ1) is 15.2. The summed E-state index contributed by atoms with van der Waals surface area (Å²) in [6.07, 6.45) is 0.987. The van der Waals surface area contributed by atoms with E-state index in [9.17, 15) is 9.18 Å². The van der Waals surface area contributed by atoms with Crippen molar-refractivity contribution >= 4 is 23.2 Å². The third-order valence-corrected chi connectivity index (χ3v) is 3.59. The van der Waals surface area contributed by atoms with E-state index in [2.05, 4.69) is 17.6 Å². The Morgan fingerprint density at radius 1 is 1.50 bits per heavy atom. The number of carbonyl (C=O) groups excluding carboxylic acids is 1. The van der Waals surface area contributed by atoms with Crippen LogP contribution in [0.2, 0.25) is 5.02 Å². The molecule has 4 nitrogen and oxygen atoms in total. The minimum absolute atomic E-state index is 0.0118. The minimum Gasteiger partial charge on any atom is -0.379 e. The largest absolute Gasteiger partial charge is 0.379 e. The molecule has 0 aliphatic carbocycles. The fourth-order valence-corrected chi connectivity index (χ4v) is 2.33. The Kier molecular flexibility index (Phi) is 5.34. The van der Waals surface area contributed by atoms with Crippen LogP contribution in [0.1, 0.15) is 13.3 Å². The molecular weight excluding hydrogens is 283 g/mol. The summed E-state index contributed by atoms with van der Waals surface area (Å²) in [5.41, 5.74) is 0.290. The maximum absolute atomic E-state index is 13.2. The molecule has 1 aromatic rings. The number of benzene rings is 1. The number of hydrogen-bond acceptors (Lipinski definition) is 3. The first-order valence-corrected chi connectivity index (χ1v) is 7.06. The van der Waals surface area contributed by atoms with Crippen molar-refractivity contribution in [2.75, 3.05) is 25.1 Å². The molecule has 0 aromatic heterocycles. The fourth-order valence-electron chi connectivity index (χ4n) is 2.16. The first-order chi connectivity index (χ1) is 9.61. The molecule has 2 N–H and O–H groups in total. The summed E-state index contributed by atoms with van der Waals surface area (Å²) in [6.45, 7) is 3.76. The lowest BCUT2D eigenvalue weighted by atomic mass is 10.0. The standard InChI is InChI=1S/C14H18ClFN2O2/c1-2-5-17-13-8-20-7-10(13)14(19)18-12-6-9(16)3-4-11(12)15/h3-4,6,10,13,17H,2,5,7-8H2,1H3,(H,18,19). The van der Waals surface area contributed by atoms with Crippen LogP contribution in [0.3, 0.4) is 0 Å². The summed E-state index contributed by atoms with van der Waals surface area (Å²) in [4.78, 5) is 12.2. The zero-order valence-corrected chi connectivity index (χ0v) is 12.0. The third-order valence-electron chi connectivity index (χ3n) is 3.26. The molecule has 1 aromatic carbocycles. The van der Waals surface area contributed by atoms with Gasteiger partial charge in [0.2, 0.25) is 5.91 Å². The van der Waals surface area contributed by atoms with Crippen LogP contribution in [0.15, 0.2) is 18.2 Å². The number of carbonyl (C=O) groups is 1. The van der Waals surface area contributed by atoms with E-state index in [1.807, 2.05) is 0 Å². The Morgan fingerprint density at radius 2 is 2.30 bits per heavy atom. The molecule has 1 amide bonds. The molecule has 6 heteroatoms. The van der Waals surface area contributed by atoms with E-state index in [0.29, 0.717) is 18.2 Å². The average molecular weight is 301 g/mol. The van der Waals surface area contributed by atoms with Gasteiger partial charge < -0.3 is 15.4 Å². The van der Waals surface area contributed by atoms with Gasteiger partial charge in [0.25, 0.3) is 0 Å². The van der Waals surface area contributed by atoms with E-state index in [0.717, 1.165) is 13.0 Å². The van der Waals surface area contributed by atoms with E-state index in [1.165, 1.54) is 18.2 Å². The number of ether oxygens (including phenoxy) is 1. The van der Waals surface area contributed by atoms with Crippen LogP contribution in [-0.2, 0) is 9.53 Å². The van der Waals surface area contributed by atoms with E-state index in [1.54, 1.807) is 0 Å². The second-order valence-corrected chi connectivity index (χ2v) is 5.23. The van der Waals surface area contributed by atoms with Crippen molar-refractivity contribution in [2.45, 2.75) is 19.4 Å². The molecule has 20 heavy (non-hydrogen) atoms. The van der Waals surface area contributed by atoms with Crippen LogP contribution in [0, 0.1) is 11.7 Å². The van der Waals surface area contributed by atoms with Crippen molar-refractivity contribution in [3.63, 3.8) is 0 Å². The quantitative estimate of drug-likeness (QED) is 0.878. The second kappa shape index (κ2) is 7.02. The maximum atomic E-state index is 13.2. The Hall–Kier alpha value is -1.17. The summed E-state index contributed by atoms with van der Waals surface area (Å²) in [7, 11) is 0. The van der Waals surface area contributed by atoms with E-state index in [4.69, 9.17) is 16.3 Å². The SMILES string of the molecule is CCCNC1COCC1C(=O)Nc1cc(F)ccc1Cl. The minimum atomic E-state index is -0.437. The van der Waals surface area contributed by atoms with Gasteiger partial charge >= 0.3 is 0 Å². The van der Waals surface area contributed by atoms with Gasteiger partial charge in [-0.05, 0) is 31.2 Å². The van der Waals surface area contributed by atoms with Gasteiger partial charge in [0.05, 0.1) is 29.8 Å². The number of nitrogens with one attached hydrogen (secondary N) is 2. The van der Waals surface area contributed by atoms with E-state index < -0.39 is 5.82 Å². The van der Waals surface area contributed by atoms with Gasteiger partial charge in [-0.2, -0.15) is 0 Å². The maximum Gasteiger partial charge on any atom is 0.231 e. The number of amides is 1. The molecule has 1 fully saturated rings. The molecule has 1 aliphatic heterocycles. The number of hydrogen-bond donors (Lipinski definition) is 2. The van der Waals surface area contributed by atoms with Gasteiger partial charge in [-0.15, -0.1) is 0 Å². The topological polar surface area (TPSA) is 50.4 Å². The Balaban J connectivity index is 2.01. The highest BCUT2D eigenvalue weighted by atomic mass is 35.5.